The highest BCUT2D eigenvalue weighted by Gasteiger charge is 2.26. The Morgan fingerprint density at radius 3 is 2.00 bits per heavy atom. The molecule has 3 aromatic carbocycles. The molecule has 0 saturated carbocycles. The van der Waals surface area contributed by atoms with Crippen LogP contribution in [0.3, 0.4) is 0 Å². The molecule has 6 nitrogen and oxygen atoms in total. The van der Waals surface area contributed by atoms with Gasteiger partial charge in [-0.3, -0.25) is 14.4 Å². The topological polar surface area (TPSA) is 87.3 Å². The average molecular weight is 430 g/mol. The Kier molecular flexibility index (Phi) is 7.39. The molecule has 3 amide bonds. The van der Waals surface area contributed by atoms with Crippen LogP contribution in [0.2, 0.25) is 0 Å². The first-order valence-corrected chi connectivity index (χ1v) is 10.5. The van der Waals surface area contributed by atoms with Gasteiger partial charge in [-0.25, -0.2) is 0 Å². The molecule has 32 heavy (non-hydrogen) atoms. The molecule has 0 aromatic heterocycles. The minimum atomic E-state index is -0.748. The first-order chi connectivity index (χ1) is 15.3. The van der Waals surface area contributed by atoms with E-state index in [0.717, 1.165) is 5.56 Å². The second-order valence-electron chi connectivity index (χ2n) is 7.92. The molecule has 3 N–H and O–H groups in total. The predicted molar refractivity (Wildman–Crippen MR) is 127 cm³/mol. The Morgan fingerprint density at radius 1 is 0.719 bits per heavy atom. The lowest BCUT2D eigenvalue weighted by molar-refractivity contribution is -0.118. The van der Waals surface area contributed by atoms with Crippen molar-refractivity contribution in [1.29, 1.82) is 0 Å². The van der Waals surface area contributed by atoms with Crippen molar-refractivity contribution in [2.75, 3.05) is 10.6 Å². The molecule has 0 spiro atoms. The van der Waals surface area contributed by atoms with Crippen LogP contribution in [0.5, 0.6) is 0 Å². The fourth-order valence-corrected chi connectivity index (χ4v) is 3.18. The Bertz CT molecular complexity index is 1090. The summed E-state index contributed by atoms with van der Waals surface area (Å²) in [7, 11) is 0. The third kappa shape index (κ3) is 5.82. The van der Waals surface area contributed by atoms with Crippen LogP contribution in [-0.2, 0) is 4.79 Å². The molecule has 3 rings (SSSR count). The van der Waals surface area contributed by atoms with E-state index in [2.05, 4.69) is 16.0 Å². The van der Waals surface area contributed by atoms with Crippen molar-refractivity contribution in [1.82, 2.24) is 5.32 Å². The van der Waals surface area contributed by atoms with E-state index in [1.54, 1.807) is 48.5 Å². The molecule has 6 heteroatoms. The number of hydrogen-bond donors (Lipinski definition) is 3. The summed E-state index contributed by atoms with van der Waals surface area (Å²) in [6.45, 7) is 5.70. The third-order valence-electron chi connectivity index (χ3n) is 5.01. The lowest BCUT2D eigenvalue weighted by Crippen LogP contribution is -2.47. The minimum Gasteiger partial charge on any atom is -0.340 e. The molecule has 0 bridgehead atoms. The first kappa shape index (κ1) is 22.7. The molecule has 0 aliphatic rings. The molecule has 0 radical (unpaired) electrons. The molecule has 1 atom stereocenters. The van der Waals surface area contributed by atoms with Gasteiger partial charge in [-0.15, -0.1) is 0 Å². The highest BCUT2D eigenvalue weighted by molar-refractivity contribution is 6.10. The van der Waals surface area contributed by atoms with Crippen LogP contribution in [-0.4, -0.2) is 23.8 Å². The molecular weight excluding hydrogens is 402 g/mol. The molecular formula is C26H27N3O3. The average Bonchev–Trinajstić information content (AvgIpc) is 2.79. The van der Waals surface area contributed by atoms with Crippen LogP contribution in [0, 0.1) is 12.8 Å². The molecule has 0 heterocycles. The molecule has 164 valence electrons. The number of carbonyl (C=O) groups is 3. The number of para-hydroxylation sites is 1. The van der Waals surface area contributed by atoms with E-state index in [1.165, 1.54) is 0 Å². The zero-order chi connectivity index (χ0) is 23.1. The van der Waals surface area contributed by atoms with E-state index in [1.807, 2.05) is 51.1 Å². The molecule has 0 aliphatic heterocycles. The quantitative estimate of drug-likeness (QED) is 0.511. The van der Waals surface area contributed by atoms with Crippen LogP contribution >= 0.6 is 0 Å². The summed E-state index contributed by atoms with van der Waals surface area (Å²) in [5.74, 6) is -1.20. The Hall–Kier alpha value is -3.93. The van der Waals surface area contributed by atoms with Crippen LogP contribution in [0.25, 0.3) is 0 Å². The summed E-state index contributed by atoms with van der Waals surface area (Å²) in [6, 6.07) is 22.2. The van der Waals surface area contributed by atoms with E-state index in [-0.39, 0.29) is 23.3 Å². The monoisotopic (exact) mass is 429 g/mol. The number of aryl methyl sites for hydroxylation is 1. The van der Waals surface area contributed by atoms with Crippen LogP contribution in [0.4, 0.5) is 11.4 Å². The van der Waals surface area contributed by atoms with Gasteiger partial charge in [-0.05, 0) is 49.2 Å². The second-order valence-corrected chi connectivity index (χ2v) is 7.92. The van der Waals surface area contributed by atoms with Crippen molar-refractivity contribution >= 4 is 29.1 Å². The van der Waals surface area contributed by atoms with Gasteiger partial charge in [0.1, 0.15) is 6.04 Å². The normalized spacial score (nSPS) is 11.5. The van der Waals surface area contributed by atoms with Gasteiger partial charge in [-0.1, -0.05) is 61.9 Å². The molecule has 3 aromatic rings. The van der Waals surface area contributed by atoms with E-state index >= 15 is 0 Å². The van der Waals surface area contributed by atoms with Gasteiger partial charge in [0, 0.05) is 11.3 Å². The van der Waals surface area contributed by atoms with Crippen molar-refractivity contribution in [2.45, 2.75) is 26.8 Å². The molecule has 0 unspecified atom stereocenters. The lowest BCUT2D eigenvalue weighted by atomic mass is 10.0. The number of amides is 3. The molecule has 0 aliphatic carbocycles. The lowest BCUT2D eigenvalue weighted by Gasteiger charge is -2.22. The van der Waals surface area contributed by atoms with Crippen LogP contribution in [0.1, 0.15) is 40.1 Å². The zero-order valence-corrected chi connectivity index (χ0v) is 18.4. The van der Waals surface area contributed by atoms with Gasteiger partial charge in [0.15, 0.2) is 0 Å². The number of anilines is 2. The highest BCUT2D eigenvalue weighted by Crippen LogP contribution is 2.18. The van der Waals surface area contributed by atoms with Gasteiger partial charge in [0.25, 0.3) is 11.8 Å². The van der Waals surface area contributed by atoms with Crippen molar-refractivity contribution in [3.63, 3.8) is 0 Å². The Morgan fingerprint density at radius 2 is 1.34 bits per heavy atom. The summed E-state index contributed by atoms with van der Waals surface area (Å²) >= 11 is 0. The van der Waals surface area contributed by atoms with Crippen molar-refractivity contribution < 1.29 is 14.4 Å². The summed E-state index contributed by atoms with van der Waals surface area (Å²) in [5, 5.41) is 8.45. The van der Waals surface area contributed by atoms with E-state index < -0.39 is 11.9 Å². The van der Waals surface area contributed by atoms with Gasteiger partial charge in [-0.2, -0.15) is 0 Å². The predicted octanol–water partition coefficient (Wildman–Crippen LogP) is 4.64. The van der Waals surface area contributed by atoms with Gasteiger partial charge < -0.3 is 16.0 Å². The number of carbonyl (C=O) groups excluding carboxylic acids is 3. The maximum Gasteiger partial charge on any atom is 0.255 e. The smallest absolute Gasteiger partial charge is 0.255 e. The minimum absolute atomic E-state index is 0.143. The number of nitrogens with one attached hydrogen (secondary N) is 3. The summed E-state index contributed by atoms with van der Waals surface area (Å²) in [6.07, 6.45) is 0. The van der Waals surface area contributed by atoms with E-state index in [0.29, 0.717) is 16.9 Å². The van der Waals surface area contributed by atoms with Crippen LogP contribution in [0.15, 0.2) is 78.9 Å². The highest BCUT2D eigenvalue weighted by atomic mass is 16.2. The first-order valence-electron chi connectivity index (χ1n) is 10.5. The standard InChI is InChI=1S/C26H27N3O3/c1-17(2)23(26(32)27-20-15-13-18(3)14-16-20)29-25(31)21-11-7-8-12-22(21)28-24(30)19-9-5-4-6-10-19/h4-17,23H,1-3H3,(H,27,32)(H,28,30)(H,29,31)/t23-/m1/s1. The largest absolute Gasteiger partial charge is 0.340 e. The third-order valence-corrected chi connectivity index (χ3v) is 5.01. The fraction of sp³-hybridized carbons (Fsp3) is 0.192. The summed E-state index contributed by atoms with van der Waals surface area (Å²) in [5.41, 5.74) is 2.90. The maximum absolute atomic E-state index is 13.1. The number of benzene rings is 3. The van der Waals surface area contributed by atoms with Gasteiger partial charge in [0.2, 0.25) is 5.91 Å². The van der Waals surface area contributed by atoms with Crippen molar-refractivity contribution in [2.24, 2.45) is 5.92 Å². The maximum atomic E-state index is 13.1. The Labute approximate surface area is 188 Å². The zero-order valence-electron chi connectivity index (χ0n) is 18.4. The van der Waals surface area contributed by atoms with Crippen molar-refractivity contribution in [3.8, 4) is 0 Å². The van der Waals surface area contributed by atoms with E-state index in [9.17, 15) is 14.4 Å². The number of rotatable bonds is 7. The SMILES string of the molecule is Cc1ccc(NC(=O)[C@H](NC(=O)c2ccccc2NC(=O)c2ccccc2)C(C)C)cc1. The Balaban J connectivity index is 1.75. The van der Waals surface area contributed by atoms with Gasteiger partial charge >= 0.3 is 0 Å². The second kappa shape index (κ2) is 10.4. The summed E-state index contributed by atoms with van der Waals surface area (Å²) in [4.78, 5) is 38.5. The summed E-state index contributed by atoms with van der Waals surface area (Å²) < 4.78 is 0. The molecule has 0 saturated heterocycles. The van der Waals surface area contributed by atoms with Gasteiger partial charge in [0.05, 0.1) is 11.3 Å². The van der Waals surface area contributed by atoms with Crippen molar-refractivity contribution in [3.05, 3.63) is 95.6 Å². The van der Waals surface area contributed by atoms with E-state index in [4.69, 9.17) is 0 Å². The number of hydrogen-bond acceptors (Lipinski definition) is 3. The molecule has 0 fully saturated rings. The van der Waals surface area contributed by atoms with Crippen LogP contribution < -0.4 is 16.0 Å². The fourth-order valence-electron chi connectivity index (χ4n) is 3.18.